The zero-order valence-corrected chi connectivity index (χ0v) is 18.0. The van der Waals surface area contributed by atoms with Crippen molar-refractivity contribution in [2.24, 2.45) is 0 Å². The molecule has 0 saturated carbocycles. The van der Waals surface area contributed by atoms with E-state index in [1.165, 1.54) is 28.4 Å². The van der Waals surface area contributed by atoms with E-state index >= 15 is 0 Å². The molecule has 0 aliphatic carbocycles. The van der Waals surface area contributed by atoms with Crippen molar-refractivity contribution >= 4 is 72.9 Å². The van der Waals surface area contributed by atoms with Crippen LogP contribution >= 0.6 is 35.3 Å². The smallest absolute Gasteiger partial charge is 0.266 e. The summed E-state index contributed by atoms with van der Waals surface area (Å²) in [5.41, 5.74) is 1.41. The summed E-state index contributed by atoms with van der Waals surface area (Å²) in [7, 11) is 1.58. The summed E-state index contributed by atoms with van der Waals surface area (Å²) in [4.78, 5) is 31.1. The molecule has 4 rings (SSSR count). The number of fused-ring (bicyclic) bond motifs is 1. The van der Waals surface area contributed by atoms with Gasteiger partial charge >= 0.3 is 0 Å². The number of thiocarbonyl (C=S) groups is 1. The minimum atomic E-state index is -0.402. The predicted molar refractivity (Wildman–Crippen MR) is 121 cm³/mol. The molecular formula is C20H14FN3O3S3. The number of anilines is 1. The molecule has 1 aliphatic rings. The Morgan fingerprint density at radius 2 is 2.07 bits per heavy atom. The van der Waals surface area contributed by atoms with E-state index in [1.54, 1.807) is 31.4 Å². The summed E-state index contributed by atoms with van der Waals surface area (Å²) in [6, 6.07) is 11.2. The molecule has 30 heavy (non-hydrogen) atoms. The molecule has 10 heteroatoms. The van der Waals surface area contributed by atoms with Gasteiger partial charge in [0.25, 0.3) is 5.91 Å². The van der Waals surface area contributed by atoms with Gasteiger partial charge in [-0.2, -0.15) is 0 Å². The van der Waals surface area contributed by atoms with Crippen LogP contribution in [0, 0.1) is 5.82 Å². The molecule has 6 nitrogen and oxygen atoms in total. The van der Waals surface area contributed by atoms with Crippen molar-refractivity contribution in [2.75, 3.05) is 19.0 Å². The van der Waals surface area contributed by atoms with Gasteiger partial charge < -0.3 is 10.1 Å². The summed E-state index contributed by atoms with van der Waals surface area (Å²) >= 11 is 7.67. The Bertz CT molecular complexity index is 1190. The maximum absolute atomic E-state index is 13.1. The molecule has 1 fully saturated rings. The van der Waals surface area contributed by atoms with Crippen molar-refractivity contribution in [3.05, 3.63) is 58.8 Å². The van der Waals surface area contributed by atoms with Crippen LogP contribution in [-0.4, -0.2) is 39.7 Å². The molecule has 1 aromatic heterocycles. The fourth-order valence-electron chi connectivity index (χ4n) is 2.73. The number of nitrogens with zero attached hydrogens (tertiary/aromatic N) is 2. The molecule has 0 unspecified atom stereocenters. The first-order chi connectivity index (χ1) is 14.4. The maximum atomic E-state index is 13.1. The number of ether oxygens (including phenoxy) is 1. The zero-order chi connectivity index (χ0) is 21.3. The van der Waals surface area contributed by atoms with Gasteiger partial charge in [0.15, 0.2) is 5.13 Å². The van der Waals surface area contributed by atoms with E-state index in [9.17, 15) is 14.0 Å². The SMILES string of the molecule is COc1ccc2nc(NC(=O)CN3C(=O)/C(=C/c4ccc(F)cc4)SC3=S)sc2c1. The molecule has 0 atom stereocenters. The molecule has 0 spiro atoms. The molecule has 2 heterocycles. The van der Waals surface area contributed by atoms with Crippen LogP contribution in [0.1, 0.15) is 5.56 Å². The second-order valence-corrected chi connectivity index (χ2v) is 8.93. The van der Waals surface area contributed by atoms with Crippen LogP contribution < -0.4 is 10.1 Å². The van der Waals surface area contributed by atoms with Gasteiger partial charge in [0, 0.05) is 0 Å². The molecular weight excluding hydrogens is 445 g/mol. The quantitative estimate of drug-likeness (QED) is 0.454. The van der Waals surface area contributed by atoms with Crippen molar-refractivity contribution in [1.29, 1.82) is 0 Å². The lowest BCUT2D eigenvalue weighted by Gasteiger charge is -2.13. The lowest BCUT2D eigenvalue weighted by Crippen LogP contribution is -2.36. The fourth-order valence-corrected chi connectivity index (χ4v) is 4.90. The van der Waals surface area contributed by atoms with E-state index in [-0.39, 0.29) is 22.6 Å². The number of hydrogen-bond donors (Lipinski definition) is 1. The molecule has 0 radical (unpaired) electrons. The highest BCUT2D eigenvalue weighted by Crippen LogP contribution is 2.33. The minimum Gasteiger partial charge on any atom is -0.497 e. The van der Waals surface area contributed by atoms with Crippen LogP contribution in [0.15, 0.2) is 47.4 Å². The normalized spacial score (nSPS) is 15.3. The number of carbonyl (C=O) groups excluding carboxylic acids is 2. The minimum absolute atomic E-state index is 0.218. The molecule has 3 aromatic rings. The lowest BCUT2D eigenvalue weighted by atomic mass is 10.2. The number of aromatic nitrogens is 1. The topological polar surface area (TPSA) is 71.5 Å². The first-order valence-corrected chi connectivity index (χ1v) is 10.7. The number of halogens is 1. The number of carbonyl (C=O) groups is 2. The number of thiazole rings is 1. The number of hydrogen-bond acceptors (Lipinski definition) is 7. The van der Waals surface area contributed by atoms with E-state index in [1.807, 2.05) is 12.1 Å². The third kappa shape index (κ3) is 4.35. The summed E-state index contributed by atoms with van der Waals surface area (Å²) in [5, 5.41) is 3.14. The standard InChI is InChI=1S/C20H14FN3O3S3/c1-27-13-6-7-14-15(9-13)29-19(22-14)23-17(25)10-24-18(26)16(30-20(24)28)8-11-2-4-12(21)5-3-11/h2-9H,10H2,1H3,(H,22,23,25)/b16-8-. The van der Waals surface area contributed by atoms with Gasteiger partial charge in [-0.3, -0.25) is 14.5 Å². The highest BCUT2D eigenvalue weighted by atomic mass is 32.2. The molecule has 2 amide bonds. The molecule has 1 aliphatic heterocycles. The van der Waals surface area contributed by atoms with Gasteiger partial charge in [0.1, 0.15) is 22.4 Å². The van der Waals surface area contributed by atoms with Gasteiger partial charge in [-0.05, 0) is 42.0 Å². The average molecular weight is 460 g/mol. The van der Waals surface area contributed by atoms with E-state index < -0.39 is 5.91 Å². The molecule has 1 saturated heterocycles. The van der Waals surface area contributed by atoms with Gasteiger partial charge in [0.2, 0.25) is 5.91 Å². The molecule has 2 aromatic carbocycles. The van der Waals surface area contributed by atoms with Crippen molar-refractivity contribution in [1.82, 2.24) is 9.88 Å². The number of benzene rings is 2. The summed E-state index contributed by atoms with van der Waals surface area (Å²) in [5.74, 6) is -0.418. The van der Waals surface area contributed by atoms with Crippen molar-refractivity contribution in [2.45, 2.75) is 0 Å². The second-order valence-electron chi connectivity index (χ2n) is 6.22. The van der Waals surface area contributed by atoms with Crippen LogP contribution in [0.5, 0.6) is 5.75 Å². The second kappa shape index (κ2) is 8.50. The predicted octanol–water partition coefficient (Wildman–Crippen LogP) is 4.28. The van der Waals surface area contributed by atoms with Gasteiger partial charge in [-0.15, -0.1) is 0 Å². The van der Waals surface area contributed by atoms with E-state index in [0.29, 0.717) is 21.3 Å². The summed E-state index contributed by atoms with van der Waals surface area (Å²) < 4.78 is 19.4. The number of nitrogens with one attached hydrogen (secondary N) is 1. The Morgan fingerprint density at radius 1 is 1.30 bits per heavy atom. The highest BCUT2D eigenvalue weighted by molar-refractivity contribution is 8.26. The summed E-state index contributed by atoms with van der Waals surface area (Å²) in [6.45, 7) is -0.218. The summed E-state index contributed by atoms with van der Waals surface area (Å²) in [6.07, 6.45) is 1.62. The number of methoxy groups -OCH3 is 1. The third-order valence-corrected chi connectivity index (χ3v) is 6.50. The Labute approximate surface area is 184 Å². The Morgan fingerprint density at radius 3 is 2.80 bits per heavy atom. The average Bonchev–Trinajstić information content (AvgIpc) is 3.24. The monoisotopic (exact) mass is 459 g/mol. The van der Waals surface area contributed by atoms with Crippen LogP contribution in [0.2, 0.25) is 0 Å². The third-order valence-electron chi connectivity index (χ3n) is 4.19. The lowest BCUT2D eigenvalue weighted by molar-refractivity contribution is -0.126. The van der Waals surface area contributed by atoms with Gasteiger partial charge in [0.05, 0.1) is 22.2 Å². The molecule has 0 bridgehead atoms. The Balaban J connectivity index is 1.44. The van der Waals surface area contributed by atoms with E-state index in [0.717, 1.165) is 22.0 Å². The molecule has 1 N–H and O–H groups in total. The van der Waals surface area contributed by atoms with Gasteiger partial charge in [-0.25, -0.2) is 9.37 Å². The maximum Gasteiger partial charge on any atom is 0.266 e. The largest absolute Gasteiger partial charge is 0.497 e. The number of amides is 2. The van der Waals surface area contributed by atoms with Crippen LogP contribution in [-0.2, 0) is 9.59 Å². The molecule has 152 valence electrons. The number of thioether (sulfide) groups is 1. The van der Waals surface area contributed by atoms with Gasteiger partial charge in [-0.1, -0.05) is 47.4 Å². The van der Waals surface area contributed by atoms with E-state index in [2.05, 4.69) is 10.3 Å². The van der Waals surface area contributed by atoms with Crippen molar-refractivity contribution < 1.29 is 18.7 Å². The van der Waals surface area contributed by atoms with Crippen molar-refractivity contribution in [3.63, 3.8) is 0 Å². The van der Waals surface area contributed by atoms with Crippen LogP contribution in [0.25, 0.3) is 16.3 Å². The Hall–Kier alpha value is -2.82. The van der Waals surface area contributed by atoms with Crippen LogP contribution in [0.4, 0.5) is 9.52 Å². The zero-order valence-electron chi connectivity index (χ0n) is 15.5. The van der Waals surface area contributed by atoms with Crippen LogP contribution in [0.3, 0.4) is 0 Å². The fraction of sp³-hybridized carbons (Fsp3) is 0.100. The first kappa shape index (κ1) is 20.5. The number of rotatable bonds is 5. The van der Waals surface area contributed by atoms with E-state index in [4.69, 9.17) is 17.0 Å². The first-order valence-electron chi connectivity index (χ1n) is 8.68. The highest BCUT2D eigenvalue weighted by Gasteiger charge is 2.33. The Kier molecular flexibility index (Phi) is 5.80. The van der Waals surface area contributed by atoms with Crippen molar-refractivity contribution in [3.8, 4) is 5.75 Å².